The average Bonchev–Trinajstić information content (AvgIpc) is 3.28. The van der Waals surface area contributed by atoms with Crippen LogP contribution >= 0.6 is 0 Å². The summed E-state index contributed by atoms with van der Waals surface area (Å²) in [5.74, 6) is -2.57. The van der Waals surface area contributed by atoms with Gasteiger partial charge in [-0.15, -0.1) is 0 Å². The number of rotatable bonds is 5. The van der Waals surface area contributed by atoms with Crippen molar-refractivity contribution in [3.05, 3.63) is 59.4 Å². The number of aromatic amines is 1. The summed E-state index contributed by atoms with van der Waals surface area (Å²) < 4.78 is 46.9. The molecule has 1 amide bonds. The summed E-state index contributed by atoms with van der Waals surface area (Å²) in [6.07, 6.45) is 0.458. The van der Waals surface area contributed by atoms with Gasteiger partial charge in [0.2, 0.25) is 5.91 Å². The number of benzene rings is 2. The quantitative estimate of drug-likeness (QED) is 0.641. The van der Waals surface area contributed by atoms with Crippen molar-refractivity contribution in [2.45, 2.75) is 25.3 Å². The molecule has 2 N–H and O–H groups in total. The fourth-order valence-electron chi connectivity index (χ4n) is 3.54. The molecule has 0 aliphatic carbocycles. The van der Waals surface area contributed by atoms with E-state index in [1.165, 1.54) is 24.3 Å². The van der Waals surface area contributed by atoms with Gasteiger partial charge in [-0.1, -0.05) is 0 Å². The largest absolute Gasteiger partial charge is 0.464 e. The van der Waals surface area contributed by atoms with E-state index in [9.17, 15) is 22.8 Å². The minimum absolute atomic E-state index is 0.0147. The lowest BCUT2D eigenvalue weighted by Gasteiger charge is -2.10. The van der Waals surface area contributed by atoms with Gasteiger partial charge in [-0.25, -0.2) is 18.0 Å². The molecule has 1 aromatic heterocycles. The summed E-state index contributed by atoms with van der Waals surface area (Å²) in [6, 6.07) is 6.84. The molecule has 0 bridgehead atoms. The van der Waals surface area contributed by atoms with Crippen molar-refractivity contribution >= 4 is 22.8 Å². The molecule has 0 spiro atoms. The van der Waals surface area contributed by atoms with E-state index in [2.05, 4.69) is 10.3 Å². The van der Waals surface area contributed by atoms with Crippen molar-refractivity contribution in [3.63, 3.8) is 0 Å². The van der Waals surface area contributed by atoms with E-state index in [0.717, 1.165) is 12.1 Å². The molecular weight excluding hydrogens is 385 g/mol. The van der Waals surface area contributed by atoms with Crippen molar-refractivity contribution in [3.8, 4) is 11.3 Å². The SMILES string of the molecule is O=C(CCc1c(-c2ccc(F)cc2)[nH]c2c(F)ccc(F)c12)N[C@H]1CCOC1=O. The molecule has 3 aromatic rings. The van der Waals surface area contributed by atoms with E-state index in [-0.39, 0.29) is 30.4 Å². The summed E-state index contributed by atoms with van der Waals surface area (Å²) in [4.78, 5) is 26.6. The summed E-state index contributed by atoms with van der Waals surface area (Å²) in [7, 11) is 0. The fourth-order valence-corrected chi connectivity index (χ4v) is 3.54. The van der Waals surface area contributed by atoms with Gasteiger partial charge in [0.15, 0.2) is 0 Å². The third kappa shape index (κ3) is 3.70. The second-order valence-corrected chi connectivity index (χ2v) is 6.84. The Bertz CT molecular complexity index is 1090. The predicted molar refractivity (Wildman–Crippen MR) is 99.4 cm³/mol. The first-order valence-corrected chi connectivity index (χ1v) is 9.14. The number of carbonyl (C=O) groups is 2. The standard InChI is InChI=1S/C21H17F3N2O3/c22-12-3-1-11(2-4-12)19-13(18-14(23)6-7-15(24)20(18)26-19)5-8-17(27)25-16-9-10-29-21(16)28/h1-4,6-7,16,26H,5,8-10H2,(H,25,27)/t16-/m0/s1. The van der Waals surface area contributed by atoms with Gasteiger partial charge in [-0.3, -0.25) is 4.79 Å². The second kappa shape index (κ2) is 7.62. The average molecular weight is 402 g/mol. The monoisotopic (exact) mass is 402 g/mol. The Morgan fingerprint density at radius 1 is 1.10 bits per heavy atom. The van der Waals surface area contributed by atoms with E-state index in [0.29, 0.717) is 23.2 Å². The van der Waals surface area contributed by atoms with Gasteiger partial charge < -0.3 is 15.0 Å². The number of hydrogen-bond donors (Lipinski definition) is 2. The molecule has 4 rings (SSSR count). The molecule has 0 saturated carbocycles. The van der Waals surface area contributed by atoms with Crippen molar-refractivity contribution in [2.24, 2.45) is 0 Å². The van der Waals surface area contributed by atoms with Crippen LogP contribution in [-0.4, -0.2) is 29.5 Å². The van der Waals surface area contributed by atoms with E-state index in [1.807, 2.05) is 0 Å². The van der Waals surface area contributed by atoms with Crippen molar-refractivity contribution in [1.82, 2.24) is 10.3 Å². The van der Waals surface area contributed by atoms with Crippen LogP contribution in [0.25, 0.3) is 22.2 Å². The van der Waals surface area contributed by atoms with Crippen LogP contribution in [0.1, 0.15) is 18.4 Å². The van der Waals surface area contributed by atoms with Crippen LogP contribution in [0.4, 0.5) is 13.2 Å². The Kier molecular flexibility index (Phi) is 5.00. The highest BCUT2D eigenvalue weighted by Gasteiger charge is 2.28. The third-order valence-corrected chi connectivity index (χ3v) is 4.96. The van der Waals surface area contributed by atoms with Gasteiger partial charge in [0.05, 0.1) is 12.1 Å². The third-order valence-electron chi connectivity index (χ3n) is 4.96. The number of cyclic esters (lactones) is 1. The van der Waals surface area contributed by atoms with Crippen LogP contribution in [0, 0.1) is 17.5 Å². The molecule has 1 aliphatic rings. The van der Waals surface area contributed by atoms with Gasteiger partial charge in [-0.2, -0.15) is 0 Å². The lowest BCUT2D eigenvalue weighted by molar-refractivity contribution is -0.141. The van der Waals surface area contributed by atoms with E-state index in [1.54, 1.807) is 0 Å². The topological polar surface area (TPSA) is 71.2 Å². The number of H-pyrrole nitrogens is 1. The molecule has 150 valence electrons. The van der Waals surface area contributed by atoms with Gasteiger partial charge in [0.1, 0.15) is 23.5 Å². The first-order chi connectivity index (χ1) is 13.9. The summed E-state index contributed by atoms with van der Waals surface area (Å²) in [5.41, 5.74) is 1.35. The maximum Gasteiger partial charge on any atom is 0.328 e. The molecule has 0 radical (unpaired) electrons. The Morgan fingerprint density at radius 3 is 2.52 bits per heavy atom. The van der Waals surface area contributed by atoms with Crippen molar-refractivity contribution < 1.29 is 27.5 Å². The highest BCUT2D eigenvalue weighted by atomic mass is 19.1. The number of nitrogens with one attached hydrogen (secondary N) is 2. The first-order valence-electron chi connectivity index (χ1n) is 9.14. The molecule has 1 aliphatic heterocycles. The van der Waals surface area contributed by atoms with Crippen LogP contribution in [0.2, 0.25) is 0 Å². The van der Waals surface area contributed by atoms with Crippen LogP contribution in [0.5, 0.6) is 0 Å². The number of halogens is 3. The smallest absolute Gasteiger partial charge is 0.328 e. The maximum atomic E-state index is 14.5. The lowest BCUT2D eigenvalue weighted by atomic mass is 10.0. The molecule has 1 fully saturated rings. The highest BCUT2D eigenvalue weighted by Crippen LogP contribution is 2.34. The number of hydrogen-bond acceptors (Lipinski definition) is 3. The van der Waals surface area contributed by atoms with E-state index < -0.39 is 35.4 Å². The van der Waals surface area contributed by atoms with Gasteiger partial charge in [-0.05, 0) is 53.9 Å². The predicted octanol–water partition coefficient (Wildman–Crippen LogP) is 3.62. The number of carbonyl (C=O) groups excluding carboxylic acids is 2. The number of esters is 1. The minimum Gasteiger partial charge on any atom is -0.464 e. The number of fused-ring (bicyclic) bond motifs is 1. The molecule has 8 heteroatoms. The highest BCUT2D eigenvalue weighted by molar-refractivity contribution is 5.92. The maximum absolute atomic E-state index is 14.5. The zero-order valence-electron chi connectivity index (χ0n) is 15.2. The number of ether oxygens (including phenoxy) is 1. The normalized spacial score (nSPS) is 16.2. The fraction of sp³-hybridized carbons (Fsp3) is 0.238. The minimum atomic E-state index is -0.684. The first kappa shape index (κ1) is 19.0. The van der Waals surface area contributed by atoms with Crippen LogP contribution in [0.3, 0.4) is 0 Å². The van der Waals surface area contributed by atoms with Crippen molar-refractivity contribution in [1.29, 1.82) is 0 Å². The van der Waals surface area contributed by atoms with E-state index >= 15 is 0 Å². The van der Waals surface area contributed by atoms with Crippen LogP contribution < -0.4 is 5.32 Å². The Hall–Kier alpha value is -3.29. The second-order valence-electron chi connectivity index (χ2n) is 6.84. The molecule has 1 atom stereocenters. The number of amides is 1. The van der Waals surface area contributed by atoms with Crippen molar-refractivity contribution in [2.75, 3.05) is 6.61 Å². The Balaban J connectivity index is 1.67. The van der Waals surface area contributed by atoms with Crippen LogP contribution in [-0.2, 0) is 20.7 Å². The molecule has 29 heavy (non-hydrogen) atoms. The van der Waals surface area contributed by atoms with Crippen LogP contribution in [0.15, 0.2) is 36.4 Å². The molecule has 2 aromatic carbocycles. The molecule has 2 heterocycles. The zero-order chi connectivity index (χ0) is 20.5. The lowest BCUT2D eigenvalue weighted by Crippen LogP contribution is -2.38. The summed E-state index contributed by atoms with van der Waals surface area (Å²) in [5, 5.41) is 2.64. The zero-order valence-corrected chi connectivity index (χ0v) is 15.2. The molecule has 0 unspecified atom stereocenters. The summed E-state index contributed by atoms with van der Waals surface area (Å²) >= 11 is 0. The van der Waals surface area contributed by atoms with Gasteiger partial charge in [0, 0.05) is 23.9 Å². The molecule has 1 saturated heterocycles. The molecule has 5 nitrogen and oxygen atoms in total. The Morgan fingerprint density at radius 2 is 1.83 bits per heavy atom. The Labute approximate surface area is 163 Å². The van der Waals surface area contributed by atoms with Gasteiger partial charge in [0.25, 0.3) is 0 Å². The van der Waals surface area contributed by atoms with Gasteiger partial charge >= 0.3 is 5.97 Å². The number of aromatic nitrogens is 1. The number of aryl methyl sites for hydroxylation is 1. The summed E-state index contributed by atoms with van der Waals surface area (Å²) in [6.45, 7) is 0.255. The molecular formula is C21H17F3N2O3. The van der Waals surface area contributed by atoms with E-state index in [4.69, 9.17) is 4.74 Å².